The molecular formula is C28H28FN7O4. The number of aliphatic hydroxyl groups excluding tert-OH is 1. The first-order valence-corrected chi connectivity index (χ1v) is 13.0. The summed E-state index contributed by atoms with van der Waals surface area (Å²) < 4.78 is 35.3. The van der Waals surface area contributed by atoms with E-state index in [1.165, 1.54) is 18.5 Å². The monoisotopic (exact) mass is 545 g/mol. The van der Waals surface area contributed by atoms with Gasteiger partial charge in [-0.05, 0) is 37.1 Å². The van der Waals surface area contributed by atoms with E-state index in [0.29, 0.717) is 59.6 Å². The number of hydrogen-bond donors (Lipinski definition) is 2. The molecule has 12 heteroatoms. The van der Waals surface area contributed by atoms with Gasteiger partial charge in [-0.15, -0.1) is 0 Å². The minimum Gasteiger partial charge on any atom is -0.487 e. The first-order chi connectivity index (χ1) is 19.6. The van der Waals surface area contributed by atoms with Gasteiger partial charge in [0, 0.05) is 43.5 Å². The highest BCUT2D eigenvalue weighted by Gasteiger charge is 2.24. The summed E-state index contributed by atoms with van der Waals surface area (Å²) in [5.41, 5.74) is 9.23. The van der Waals surface area contributed by atoms with E-state index in [1.54, 1.807) is 35.3 Å². The van der Waals surface area contributed by atoms with Crippen LogP contribution < -0.4 is 15.2 Å². The van der Waals surface area contributed by atoms with Gasteiger partial charge in [0.25, 0.3) is 0 Å². The second-order valence-corrected chi connectivity index (χ2v) is 9.43. The number of nitrogen functional groups attached to an aromatic ring is 1. The Morgan fingerprint density at radius 2 is 1.85 bits per heavy atom. The molecule has 206 valence electrons. The van der Waals surface area contributed by atoms with E-state index in [4.69, 9.17) is 25.0 Å². The van der Waals surface area contributed by atoms with Gasteiger partial charge < -0.3 is 29.6 Å². The molecule has 3 N–H and O–H groups in total. The molecule has 1 aliphatic heterocycles. The number of hydrogen-bond acceptors (Lipinski definition) is 9. The van der Waals surface area contributed by atoms with Crippen LogP contribution in [0.25, 0.3) is 22.3 Å². The Kier molecular flexibility index (Phi) is 7.25. The summed E-state index contributed by atoms with van der Waals surface area (Å²) in [6, 6.07) is 11.7. The van der Waals surface area contributed by atoms with Crippen molar-refractivity contribution in [3.05, 3.63) is 72.8 Å². The first-order valence-electron chi connectivity index (χ1n) is 13.0. The van der Waals surface area contributed by atoms with Crippen molar-refractivity contribution in [2.24, 2.45) is 0 Å². The van der Waals surface area contributed by atoms with Crippen LogP contribution in [0.15, 0.2) is 61.3 Å². The van der Waals surface area contributed by atoms with Gasteiger partial charge in [0.2, 0.25) is 0 Å². The number of imidazole rings is 1. The highest BCUT2D eigenvalue weighted by atomic mass is 19.1. The molecule has 0 amide bonds. The lowest BCUT2D eigenvalue weighted by Gasteiger charge is -2.22. The fraction of sp³-hybridized carbons (Fsp3) is 0.286. The molecule has 1 aliphatic rings. The van der Waals surface area contributed by atoms with Crippen LogP contribution in [0, 0.1) is 5.82 Å². The van der Waals surface area contributed by atoms with E-state index in [9.17, 15) is 9.50 Å². The molecule has 0 spiro atoms. The number of fused-ring (bicyclic) bond motifs is 1. The van der Waals surface area contributed by atoms with Gasteiger partial charge in [-0.2, -0.15) is 5.10 Å². The van der Waals surface area contributed by atoms with Gasteiger partial charge >= 0.3 is 0 Å². The topological polar surface area (TPSA) is 135 Å². The van der Waals surface area contributed by atoms with E-state index in [-0.39, 0.29) is 19.3 Å². The molecule has 11 nitrogen and oxygen atoms in total. The number of aromatic nitrogens is 6. The normalized spacial score (nSPS) is 14.1. The Balaban J connectivity index is 1.21. The number of rotatable bonds is 9. The third-order valence-electron chi connectivity index (χ3n) is 6.79. The molecule has 1 fully saturated rings. The number of halogens is 1. The predicted octanol–water partition coefficient (Wildman–Crippen LogP) is 4.13. The van der Waals surface area contributed by atoms with E-state index in [1.807, 2.05) is 16.8 Å². The Labute approximate surface area is 229 Å². The molecule has 0 unspecified atom stereocenters. The number of ether oxygens (including phenoxy) is 3. The van der Waals surface area contributed by atoms with Crippen LogP contribution in [0.1, 0.15) is 24.6 Å². The summed E-state index contributed by atoms with van der Waals surface area (Å²) in [5, 5.41) is 14.8. The number of anilines is 1. The highest BCUT2D eigenvalue weighted by Crippen LogP contribution is 2.35. The summed E-state index contributed by atoms with van der Waals surface area (Å²) in [6.07, 6.45) is 6.40. The largest absolute Gasteiger partial charge is 0.487 e. The second kappa shape index (κ2) is 11.3. The van der Waals surface area contributed by atoms with Crippen LogP contribution in [-0.2, 0) is 17.9 Å². The first kappa shape index (κ1) is 25.7. The maximum Gasteiger partial charge on any atom is 0.164 e. The van der Waals surface area contributed by atoms with E-state index in [2.05, 4.69) is 15.0 Å². The minimum atomic E-state index is -0.492. The fourth-order valence-corrected chi connectivity index (χ4v) is 4.81. The quantitative estimate of drug-likeness (QED) is 0.280. The third kappa shape index (κ3) is 5.31. The smallest absolute Gasteiger partial charge is 0.164 e. The van der Waals surface area contributed by atoms with E-state index >= 15 is 0 Å². The lowest BCUT2D eigenvalue weighted by atomic mass is 10.1. The Bertz CT molecular complexity index is 1610. The summed E-state index contributed by atoms with van der Waals surface area (Å²) in [5.74, 6) is 0.986. The number of nitrogens with zero attached hydrogens (tertiary/aromatic N) is 6. The predicted molar refractivity (Wildman–Crippen MR) is 144 cm³/mol. The summed E-state index contributed by atoms with van der Waals surface area (Å²) in [6.45, 7) is 1.90. The molecule has 5 aromatic rings. The van der Waals surface area contributed by atoms with Gasteiger partial charge in [0.15, 0.2) is 5.65 Å². The lowest BCUT2D eigenvalue weighted by molar-refractivity contribution is 0.0674. The molecule has 0 aliphatic carbocycles. The van der Waals surface area contributed by atoms with Crippen molar-refractivity contribution in [2.75, 3.05) is 25.6 Å². The van der Waals surface area contributed by atoms with Gasteiger partial charge in [-0.25, -0.2) is 24.0 Å². The molecule has 2 aromatic carbocycles. The van der Waals surface area contributed by atoms with Crippen LogP contribution in [-0.4, -0.2) is 54.2 Å². The molecule has 0 atom stereocenters. The fourth-order valence-electron chi connectivity index (χ4n) is 4.81. The van der Waals surface area contributed by atoms with Crippen molar-refractivity contribution in [3.8, 4) is 28.5 Å². The SMILES string of the molecule is Nc1ncnc2c1c(-c1ccc(Oc3cc(F)cc(OCc4cncn4CCO)c3)cc1)nn2C1CCOCC1. The van der Waals surface area contributed by atoms with Gasteiger partial charge in [-0.1, -0.05) is 0 Å². The molecule has 4 heterocycles. The molecule has 3 aromatic heterocycles. The molecule has 6 rings (SSSR count). The average molecular weight is 546 g/mol. The third-order valence-corrected chi connectivity index (χ3v) is 6.79. The number of nitrogens with two attached hydrogens (primary N) is 1. The van der Waals surface area contributed by atoms with E-state index < -0.39 is 5.82 Å². The molecule has 40 heavy (non-hydrogen) atoms. The lowest BCUT2D eigenvalue weighted by Crippen LogP contribution is -2.20. The van der Waals surface area contributed by atoms with Crippen molar-refractivity contribution >= 4 is 16.9 Å². The zero-order chi connectivity index (χ0) is 27.5. The zero-order valence-corrected chi connectivity index (χ0v) is 21.6. The van der Waals surface area contributed by atoms with Crippen molar-refractivity contribution in [1.82, 2.24) is 29.3 Å². The summed E-state index contributed by atoms with van der Waals surface area (Å²) in [7, 11) is 0. The van der Waals surface area contributed by atoms with Crippen molar-refractivity contribution in [1.29, 1.82) is 0 Å². The van der Waals surface area contributed by atoms with Gasteiger partial charge in [0.1, 0.15) is 47.5 Å². The summed E-state index contributed by atoms with van der Waals surface area (Å²) in [4.78, 5) is 12.7. The highest BCUT2D eigenvalue weighted by molar-refractivity contribution is 5.98. The molecular weight excluding hydrogens is 517 g/mol. The van der Waals surface area contributed by atoms with Crippen molar-refractivity contribution < 1.29 is 23.7 Å². The average Bonchev–Trinajstić information content (AvgIpc) is 3.58. The molecule has 0 saturated carbocycles. The van der Waals surface area contributed by atoms with Gasteiger partial charge in [0.05, 0.1) is 36.3 Å². The van der Waals surface area contributed by atoms with E-state index in [0.717, 1.165) is 24.1 Å². The zero-order valence-electron chi connectivity index (χ0n) is 21.6. The minimum absolute atomic E-state index is 0.0185. The molecule has 0 bridgehead atoms. The van der Waals surface area contributed by atoms with Crippen LogP contribution in [0.3, 0.4) is 0 Å². The molecule has 0 radical (unpaired) electrons. The Morgan fingerprint density at radius 1 is 1.05 bits per heavy atom. The maximum atomic E-state index is 14.4. The standard InChI is InChI=1S/C28H28FN7O4/c29-19-11-23(39-15-21-14-31-17-35(21)7-8-37)13-24(12-19)40-22-3-1-18(2-4-22)26-25-27(30)32-16-33-28(25)36(34-26)20-5-9-38-10-6-20/h1-4,11-14,16-17,20,37H,5-10,15H2,(H2,30,32,33). The number of benzene rings is 2. The van der Waals surface area contributed by atoms with Crippen LogP contribution in [0.2, 0.25) is 0 Å². The molecule has 1 saturated heterocycles. The van der Waals surface area contributed by atoms with Crippen molar-refractivity contribution in [3.63, 3.8) is 0 Å². The Hall–Kier alpha value is -4.55. The maximum absolute atomic E-state index is 14.4. The summed E-state index contributed by atoms with van der Waals surface area (Å²) >= 11 is 0. The second-order valence-electron chi connectivity index (χ2n) is 9.43. The number of aliphatic hydroxyl groups is 1. The van der Waals surface area contributed by atoms with Crippen molar-refractivity contribution in [2.45, 2.75) is 32.0 Å². The Morgan fingerprint density at radius 3 is 2.65 bits per heavy atom. The van der Waals surface area contributed by atoms with Crippen LogP contribution >= 0.6 is 0 Å². The van der Waals surface area contributed by atoms with Gasteiger partial charge in [-0.3, -0.25) is 0 Å². The van der Waals surface area contributed by atoms with Crippen LogP contribution in [0.4, 0.5) is 10.2 Å². The van der Waals surface area contributed by atoms with Crippen LogP contribution in [0.5, 0.6) is 17.2 Å².